The van der Waals surface area contributed by atoms with Gasteiger partial charge in [0.25, 0.3) is 0 Å². The average molecular weight is 363 g/mol. The van der Waals surface area contributed by atoms with Crippen LogP contribution >= 0.6 is 11.3 Å². The van der Waals surface area contributed by atoms with Crippen LogP contribution in [0.2, 0.25) is 0 Å². The second-order valence-corrected chi connectivity index (χ2v) is 5.89. The lowest BCUT2D eigenvalue weighted by atomic mass is 10.2. The lowest BCUT2D eigenvalue weighted by Gasteiger charge is -2.14. The standard InChI is InChI=1S/C14H16F3N3O3S/c1-9(6-22-8-14(15,16)17)18-11(21)2-3-12-19-20-13(23-12)10-4-5-24-7-10/h4-5,7,9H,2-3,6,8H2,1H3,(H,18,21). The van der Waals surface area contributed by atoms with Crippen LogP contribution in [0.5, 0.6) is 0 Å². The molecule has 2 aromatic heterocycles. The van der Waals surface area contributed by atoms with E-state index in [0.29, 0.717) is 11.8 Å². The van der Waals surface area contributed by atoms with Crippen molar-refractivity contribution in [1.82, 2.24) is 15.5 Å². The van der Waals surface area contributed by atoms with Crippen LogP contribution in [-0.2, 0) is 16.0 Å². The average Bonchev–Trinajstić information content (AvgIpc) is 3.15. The van der Waals surface area contributed by atoms with Crippen molar-refractivity contribution in [2.75, 3.05) is 13.2 Å². The summed E-state index contributed by atoms with van der Waals surface area (Å²) in [5.74, 6) is 0.390. The Hall–Kier alpha value is -1.94. The number of aromatic nitrogens is 2. The maximum Gasteiger partial charge on any atom is 0.411 e. The predicted molar refractivity (Wildman–Crippen MR) is 80.4 cm³/mol. The lowest BCUT2D eigenvalue weighted by Crippen LogP contribution is -2.37. The highest BCUT2D eigenvalue weighted by Crippen LogP contribution is 2.20. The van der Waals surface area contributed by atoms with Crippen molar-refractivity contribution in [1.29, 1.82) is 0 Å². The van der Waals surface area contributed by atoms with Gasteiger partial charge < -0.3 is 14.5 Å². The van der Waals surface area contributed by atoms with Gasteiger partial charge in [0.2, 0.25) is 17.7 Å². The molecule has 2 heterocycles. The topological polar surface area (TPSA) is 77.2 Å². The van der Waals surface area contributed by atoms with Crippen molar-refractivity contribution >= 4 is 17.2 Å². The van der Waals surface area contributed by atoms with Gasteiger partial charge in [0, 0.05) is 29.8 Å². The van der Waals surface area contributed by atoms with E-state index in [4.69, 9.17) is 4.42 Å². The summed E-state index contributed by atoms with van der Waals surface area (Å²) in [6, 6.07) is 1.32. The van der Waals surface area contributed by atoms with E-state index >= 15 is 0 Å². The Morgan fingerprint density at radius 1 is 1.46 bits per heavy atom. The Labute approximate surface area is 140 Å². The van der Waals surface area contributed by atoms with E-state index in [1.807, 2.05) is 16.8 Å². The number of nitrogens with zero attached hydrogens (tertiary/aromatic N) is 2. The highest BCUT2D eigenvalue weighted by Gasteiger charge is 2.27. The van der Waals surface area contributed by atoms with E-state index in [2.05, 4.69) is 20.3 Å². The summed E-state index contributed by atoms with van der Waals surface area (Å²) in [5, 5.41) is 14.1. The van der Waals surface area contributed by atoms with E-state index in [9.17, 15) is 18.0 Å². The molecule has 1 N–H and O–H groups in total. The number of halogens is 3. The Kier molecular flexibility index (Phi) is 6.32. The molecule has 0 aromatic carbocycles. The van der Waals surface area contributed by atoms with Crippen LogP contribution in [0, 0.1) is 0 Å². The number of carbonyl (C=O) groups is 1. The molecule has 0 spiro atoms. The molecule has 0 fully saturated rings. The largest absolute Gasteiger partial charge is 0.421 e. The second-order valence-electron chi connectivity index (χ2n) is 5.11. The molecule has 10 heteroatoms. The maximum atomic E-state index is 11.9. The van der Waals surface area contributed by atoms with Crippen molar-refractivity contribution in [2.24, 2.45) is 0 Å². The lowest BCUT2D eigenvalue weighted by molar-refractivity contribution is -0.175. The first kappa shape index (κ1) is 18.4. The van der Waals surface area contributed by atoms with Gasteiger partial charge in [-0.2, -0.15) is 24.5 Å². The van der Waals surface area contributed by atoms with Crippen molar-refractivity contribution < 1.29 is 27.1 Å². The van der Waals surface area contributed by atoms with E-state index < -0.39 is 18.8 Å². The van der Waals surface area contributed by atoms with Gasteiger partial charge in [-0.15, -0.1) is 10.2 Å². The molecule has 0 saturated carbocycles. The highest BCUT2D eigenvalue weighted by atomic mass is 32.1. The summed E-state index contributed by atoms with van der Waals surface area (Å²) in [6.07, 6.45) is -4.03. The monoisotopic (exact) mass is 363 g/mol. The summed E-state index contributed by atoms with van der Waals surface area (Å²) in [4.78, 5) is 11.7. The first-order valence-electron chi connectivity index (χ1n) is 7.12. The summed E-state index contributed by atoms with van der Waals surface area (Å²) in [6.45, 7) is 0.0182. The number of hydrogen-bond acceptors (Lipinski definition) is 6. The fourth-order valence-electron chi connectivity index (χ4n) is 1.82. The van der Waals surface area contributed by atoms with Gasteiger partial charge in [0.1, 0.15) is 6.61 Å². The Morgan fingerprint density at radius 3 is 2.92 bits per heavy atom. The molecule has 0 aliphatic heterocycles. The molecule has 1 atom stereocenters. The van der Waals surface area contributed by atoms with E-state index in [1.54, 1.807) is 6.92 Å². The van der Waals surface area contributed by atoms with Gasteiger partial charge >= 0.3 is 6.18 Å². The minimum absolute atomic E-state index is 0.0921. The number of thiophene rings is 1. The smallest absolute Gasteiger partial charge is 0.411 e. The first-order valence-corrected chi connectivity index (χ1v) is 8.06. The van der Waals surface area contributed by atoms with Crippen LogP contribution < -0.4 is 5.32 Å². The summed E-state index contributed by atoms with van der Waals surface area (Å²) < 4.78 is 45.8. The zero-order valence-electron chi connectivity index (χ0n) is 12.8. The Morgan fingerprint density at radius 2 is 2.25 bits per heavy atom. The SMILES string of the molecule is CC(COCC(F)(F)F)NC(=O)CCc1nnc(-c2ccsc2)o1. The molecule has 2 aromatic rings. The summed E-state index contributed by atoms with van der Waals surface area (Å²) in [7, 11) is 0. The quantitative estimate of drug-likeness (QED) is 0.780. The van der Waals surface area contributed by atoms with Gasteiger partial charge in [-0.25, -0.2) is 0 Å². The van der Waals surface area contributed by atoms with Crippen molar-refractivity contribution in [3.63, 3.8) is 0 Å². The minimum atomic E-state index is -4.37. The fraction of sp³-hybridized carbons (Fsp3) is 0.500. The summed E-state index contributed by atoms with van der Waals surface area (Å²) in [5.41, 5.74) is 0.818. The number of nitrogens with one attached hydrogen (secondary N) is 1. The Balaban J connectivity index is 1.69. The van der Waals surface area contributed by atoms with Crippen LogP contribution in [0.1, 0.15) is 19.2 Å². The fourth-order valence-corrected chi connectivity index (χ4v) is 2.45. The molecular formula is C14H16F3N3O3S. The van der Waals surface area contributed by atoms with Gasteiger partial charge in [-0.05, 0) is 18.4 Å². The van der Waals surface area contributed by atoms with Crippen LogP contribution in [0.15, 0.2) is 21.2 Å². The van der Waals surface area contributed by atoms with Crippen molar-refractivity contribution in [3.05, 3.63) is 22.7 Å². The van der Waals surface area contributed by atoms with Crippen molar-refractivity contribution in [2.45, 2.75) is 32.0 Å². The number of hydrogen-bond donors (Lipinski definition) is 1. The van der Waals surface area contributed by atoms with Crippen LogP contribution in [0.25, 0.3) is 11.5 Å². The molecular weight excluding hydrogens is 347 g/mol. The molecule has 0 bridgehead atoms. The molecule has 24 heavy (non-hydrogen) atoms. The normalized spacial score (nSPS) is 13.0. The van der Waals surface area contributed by atoms with Gasteiger partial charge in [0.05, 0.1) is 6.61 Å². The molecule has 2 rings (SSSR count). The molecule has 1 unspecified atom stereocenters. The number of alkyl halides is 3. The minimum Gasteiger partial charge on any atom is -0.421 e. The molecule has 132 valence electrons. The predicted octanol–water partition coefficient (Wildman–Crippen LogP) is 2.81. The molecule has 0 radical (unpaired) electrons. The van der Waals surface area contributed by atoms with Gasteiger partial charge in [0.15, 0.2) is 0 Å². The first-order chi connectivity index (χ1) is 11.3. The third-order valence-electron chi connectivity index (χ3n) is 2.84. The number of ether oxygens (including phenoxy) is 1. The number of carbonyl (C=O) groups excluding carboxylic acids is 1. The highest BCUT2D eigenvalue weighted by molar-refractivity contribution is 7.08. The number of rotatable bonds is 8. The third kappa shape index (κ3) is 6.28. The Bertz CT molecular complexity index is 643. The third-order valence-corrected chi connectivity index (χ3v) is 3.53. The molecule has 0 saturated heterocycles. The van der Waals surface area contributed by atoms with Gasteiger partial charge in [-0.1, -0.05) is 0 Å². The van der Waals surface area contributed by atoms with E-state index in [0.717, 1.165) is 5.56 Å². The molecule has 6 nitrogen and oxygen atoms in total. The molecule has 0 aliphatic rings. The van der Waals surface area contributed by atoms with Crippen LogP contribution in [-0.4, -0.2) is 41.5 Å². The van der Waals surface area contributed by atoms with E-state index in [-0.39, 0.29) is 25.4 Å². The van der Waals surface area contributed by atoms with Crippen molar-refractivity contribution in [3.8, 4) is 11.5 Å². The van der Waals surface area contributed by atoms with Crippen LogP contribution in [0.4, 0.5) is 13.2 Å². The molecule has 0 aliphatic carbocycles. The van der Waals surface area contributed by atoms with Crippen LogP contribution in [0.3, 0.4) is 0 Å². The second kappa shape index (κ2) is 8.25. The van der Waals surface area contributed by atoms with Gasteiger partial charge in [-0.3, -0.25) is 4.79 Å². The number of aryl methyl sites for hydroxylation is 1. The zero-order valence-corrected chi connectivity index (χ0v) is 13.6. The zero-order chi connectivity index (χ0) is 17.6. The number of amides is 1. The maximum absolute atomic E-state index is 11.9. The van der Waals surface area contributed by atoms with E-state index in [1.165, 1.54) is 11.3 Å². The summed E-state index contributed by atoms with van der Waals surface area (Å²) >= 11 is 1.50. The molecule has 1 amide bonds.